The van der Waals surface area contributed by atoms with Crippen LogP contribution in [0.4, 0.5) is 5.69 Å². The van der Waals surface area contributed by atoms with Crippen LogP contribution in [0.15, 0.2) is 36.5 Å². The van der Waals surface area contributed by atoms with Crippen molar-refractivity contribution in [3.05, 3.63) is 47.2 Å². The van der Waals surface area contributed by atoms with Crippen LogP contribution in [0.1, 0.15) is 10.5 Å². The predicted octanol–water partition coefficient (Wildman–Crippen LogP) is 1.87. The number of anilines is 1. The van der Waals surface area contributed by atoms with E-state index in [-0.39, 0.29) is 12.2 Å². The van der Waals surface area contributed by atoms with Gasteiger partial charge in [-0.2, -0.15) is 5.10 Å². The van der Waals surface area contributed by atoms with Crippen LogP contribution < -0.4 is 5.32 Å². The topological polar surface area (TPSA) is 84.2 Å². The van der Waals surface area contributed by atoms with Gasteiger partial charge in [-0.05, 0) is 18.2 Å². The number of aromatic carboxylic acids is 1. The number of carboxylic acid groups (broad SMARTS) is 1. The lowest BCUT2D eigenvalue weighted by Gasteiger charge is -2.08. The van der Waals surface area contributed by atoms with E-state index in [1.54, 1.807) is 24.3 Å². The molecule has 7 heteroatoms. The first-order chi connectivity index (χ1) is 9.08. The Morgan fingerprint density at radius 2 is 2.05 bits per heavy atom. The fourth-order valence-corrected chi connectivity index (χ4v) is 1.71. The number of benzene rings is 1. The van der Waals surface area contributed by atoms with E-state index < -0.39 is 11.9 Å². The first-order valence-corrected chi connectivity index (χ1v) is 5.75. The molecule has 0 unspecified atom stereocenters. The summed E-state index contributed by atoms with van der Waals surface area (Å²) in [7, 11) is 0. The molecule has 0 saturated carbocycles. The minimum absolute atomic E-state index is 0.0469. The van der Waals surface area contributed by atoms with Gasteiger partial charge in [-0.25, -0.2) is 9.48 Å². The summed E-state index contributed by atoms with van der Waals surface area (Å²) in [6.45, 7) is -0.195. The Labute approximate surface area is 113 Å². The van der Waals surface area contributed by atoms with Gasteiger partial charge in [0, 0.05) is 6.20 Å². The Morgan fingerprint density at radius 3 is 2.74 bits per heavy atom. The number of carbonyl (C=O) groups excluding carboxylic acids is 1. The molecule has 0 aliphatic rings. The highest BCUT2D eigenvalue weighted by Crippen LogP contribution is 2.20. The summed E-state index contributed by atoms with van der Waals surface area (Å²) in [5, 5.41) is 15.7. The second-order valence-corrected chi connectivity index (χ2v) is 4.11. The third-order valence-corrected chi connectivity index (χ3v) is 2.71. The number of para-hydroxylation sites is 1. The molecule has 2 aromatic rings. The lowest BCUT2D eigenvalue weighted by molar-refractivity contribution is -0.116. The number of hydrogen-bond donors (Lipinski definition) is 2. The Hall–Kier alpha value is -2.34. The summed E-state index contributed by atoms with van der Waals surface area (Å²) in [5.74, 6) is -1.54. The first kappa shape index (κ1) is 13.1. The molecule has 2 rings (SSSR count). The Morgan fingerprint density at radius 1 is 1.32 bits per heavy atom. The summed E-state index contributed by atoms with van der Waals surface area (Å²) >= 11 is 5.90. The Kier molecular flexibility index (Phi) is 3.82. The number of nitrogens with zero attached hydrogens (tertiary/aromatic N) is 2. The zero-order chi connectivity index (χ0) is 13.8. The Bertz CT molecular complexity index is 624. The number of nitrogens with one attached hydrogen (secondary N) is 1. The van der Waals surface area contributed by atoms with Crippen molar-refractivity contribution in [2.45, 2.75) is 6.54 Å². The molecule has 1 aromatic heterocycles. The van der Waals surface area contributed by atoms with Gasteiger partial charge in [0.15, 0.2) is 0 Å². The van der Waals surface area contributed by atoms with Crippen molar-refractivity contribution < 1.29 is 14.7 Å². The van der Waals surface area contributed by atoms with E-state index in [9.17, 15) is 9.59 Å². The molecule has 1 heterocycles. The van der Waals surface area contributed by atoms with E-state index in [2.05, 4.69) is 10.4 Å². The highest BCUT2D eigenvalue weighted by atomic mass is 35.5. The highest BCUT2D eigenvalue weighted by molar-refractivity contribution is 6.33. The molecule has 2 N–H and O–H groups in total. The van der Waals surface area contributed by atoms with Crippen LogP contribution >= 0.6 is 11.6 Å². The van der Waals surface area contributed by atoms with Crippen LogP contribution in [0.3, 0.4) is 0 Å². The zero-order valence-corrected chi connectivity index (χ0v) is 10.5. The molecule has 19 heavy (non-hydrogen) atoms. The molecule has 0 atom stereocenters. The van der Waals surface area contributed by atoms with Gasteiger partial charge < -0.3 is 10.4 Å². The van der Waals surface area contributed by atoms with Gasteiger partial charge >= 0.3 is 5.97 Å². The summed E-state index contributed by atoms with van der Waals surface area (Å²) in [4.78, 5) is 22.6. The molecule has 0 spiro atoms. The van der Waals surface area contributed by atoms with Crippen molar-refractivity contribution in [3.8, 4) is 0 Å². The molecule has 0 radical (unpaired) electrons. The molecule has 98 valence electrons. The molecule has 0 aliphatic carbocycles. The quantitative estimate of drug-likeness (QED) is 0.895. The van der Waals surface area contributed by atoms with Gasteiger partial charge in [-0.15, -0.1) is 0 Å². The van der Waals surface area contributed by atoms with E-state index in [4.69, 9.17) is 16.7 Å². The van der Waals surface area contributed by atoms with E-state index in [1.807, 2.05) is 0 Å². The fourth-order valence-electron chi connectivity index (χ4n) is 1.53. The first-order valence-electron chi connectivity index (χ1n) is 5.37. The Balaban J connectivity index is 2.08. The zero-order valence-electron chi connectivity index (χ0n) is 9.71. The summed E-state index contributed by atoms with van der Waals surface area (Å²) in [6, 6.07) is 8.10. The number of halogens is 1. The second-order valence-electron chi connectivity index (χ2n) is 3.71. The van der Waals surface area contributed by atoms with E-state index in [0.717, 1.165) is 4.68 Å². The van der Waals surface area contributed by atoms with Crippen molar-refractivity contribution in [2.24, 2.45) is 0 Å². The van der Waals surface area contributed by atoms with Crippen LogP contribution in [0.5, 0.6) is 0 Å². The van der Waals surface area contributed by atoms with Crippen LogP contribution in [0, 0.1) is 0 Å². The average Bonchev–Trinajstić information content (AvgIpc) is 2.80. The third-order valence-electron chi connectivity index (χ3n) is 2.38. The van der Waals surface area contributed by atoms with Crippen molar-refractivity contribution in [1.82, 2.24) is 9.78 Å². The molecule has 0 bridgehead atoms. The minimum Gasteiger partial charge on any atom is -0.477 e. The molecule has 6 nitrogen and oxygen atoms in total. The third kappa shape index (κ3) is 3.11. The number of rotatable bonds is 4. The number of aromatic nitrogens is 2. The monoisotopic (exact) mass is 279 g/mol. The summed E-state index contributed by atoms with van der Waals surface area (Å²) in [5.41, 5.74) is 0.424. The predicted molar refractivity (Wildman–Crippen MR) is 69.3 cm³/mol. The van der Waals surface area contributed by atoms with Crippen LogP contribution in [0.25, 0.3) is 0 Å². The average molecular weight is 280 g/mol. The lowest BCUT2D eigenvalue weighted by atomic mass is 10.3. The van der Waals surface area contributed by atoms with Gasteiger partial charge in [0.05, 0.1) is 10.7 Å². The van der Waals surface area contributed by atoms with E-state index >= 15 is 0 Å². The number of hydrogen-bond acceptors (Lipinski definition) is 3. The van der Waals surface area contributed by atoms with Crippen molar-refractivity contribution >= 4 is 29.2 Å². The maximum absolute atomic E-state index is 11.8. The molecule has 0 aliphatic heterocycles. The molecule has 0 fully saturated rings. The van der Waals surface area contributed by atoms with Crippen molar-refractivity contribution in [1.29, 1.82) is 0 Å². The second kappa shape index (κ2) is 5.53. The van der Waals surface area contributed by atoms with E-state index in [1.165, 1.54) is 12.3 Å². The molecule has 1 aromatic carbocycles. The van der Waals surface area contributed by atoms with Crippen LogP contribution in [-0.2, 0) is 11.3 Å². The van der Waals surface area contributed by atoms with Gasteiger partial charge in [-0.3, -0.25) is 4.79 Å². The molecule has 1 amide bonds. The van der Waals surface area contributed by atoms with Crippen LogP contribution in [-0.4, -0.2) is 26.8 Å². The smallest absolute Gasteiger partial charge is 0.354 e. The number of carbonyl (C=O) groups is 2. The number of amides is 1. The molecular weight excluding hydrogens is 270 g/mol. The summed E-state index contributed by atoms with van der Waals surface area (Å²) in [6.07, 6.45) is 1.33. The standard InChI is InChI=1S/C12H10ClN3O3/c13-8-3-1-2-4-9(8)15-11(17)7-16-10(12(18)19)5-6-14-16/h1-6H,7H2,(H,15,17)(H,18,19). The van der Waals surface area contributed by atoms with Gasteiger partial charge in [0.2, 0.25) is 5.91 Å². The minimum atomic E-state index is -1.14. The largest absolute Gasteiger partial charge is 0.477 e. The maximum atomic E-state index is 11.8. The van der Waals surface area contributed by atoms with Crippen LogP contribution in [0.2, 0.25) is 5.02 Å². The fraction of sp³-hybridized carbons (Fsp3) is 0.0833. The van der Waals surface area contributed by atoms with Gasteiger partial charge in [0.25, 0.3) is 0 Å². The van der Waals surface area contributed by atoms with Crippen molar-refractivity contribution in [2.75, 3.05) is 5.32 Å². The molecule has 0 saturated heterocycles. The summed E-state index contributed by atoms with van der Waals surface area (Å²) < 4.78 is 1.11. The lowest BCUT2D eigenvalue weighted by Crippen LogP contribution is -2.22. The SMILES string of the molecule is O=C(Cn1nccc1C(=O)O)Nc1ccccc1Cl. The normalized spacial score (nSPS) is 10.2. The number of carboxylic acids is 1. The van der Waals surface area contributed by atoms with E-state index in [0.29, 0.717) is 10.7 Å². The molecular formula is C12H10ClN3O3. The van der Waals surface area contributed by atoms with Gasteiger partial charge in [0.1, 0.15) is 12.2 Å². The highest BCUT2D eigenvalue weighted by Gasteiger charge is 2.13. The maximum Gasteiger partial charge on any atom is 0.354 e. The van der Waals surface area contributed by atoms with Crippen molar-refractivity contribution in [3.63, 3.8) is 0 Å². The van der Waals surface area contributed by atoms with Gasteiger partial charge in [-0.1, -0.05) is 23.7 Å².